The van der Waals surface area contributed by atoms with Crippen LogP contribution in [-0.4, -0.2) is 38.9 Å². The molecule has 0 spiro atoms. The topological polar surface area (TPSA) is 122 Å². The Labute approximate surface area is 220 Å². The summed E-state index contributed by atoms with van der Waals surface area (Å²) in [6.07, 6.45) is 5.95. The number of nitrogens with zero attached hydrogens (tertiary/aromatic N) is 8. The number of aromatic nitrogens is 8. The molecule has 0 aliphatic rings. The van der Waals surface area contributed by atoms with Gasteiger partial charge in [0, 0.05) is 24.0 Å². The van der Waals surface area contributed by atoms with E-state index >= 15 is 0 Å². The molecular formula is C27H23F2N9O. The van der Waals surface area contributed by atoms with Crippen molar-refractivity contribution in [3.8, 4) is 22.4 Å². The quantitative estimate of drug-likeness (QED) is 0.352. The van der Waals surface area contributed by atoms with Crippen LogP contribution in [0.25, 0.3) is 39.1 Å². The molecule has 196 valence electrons. The van der Waals surface area contributed by atoms with Crippen LogP contribution >= 0.6 is 0 Å². The minimum absolute atomic E-state index is 0.116. The molecule has 0 radical (unpaired) electrons. The van der Waals surface area contributed by atoms with Crippen molar-refractivity contribution >= 4 is 22.5 Å². The van der Waals surface area contributed by atoms with Crippen LogP contribution in [0, 0.1) is 11.6 Å². The van der Waals surface area contributed by atoms with Crippen LogP contribution in [0.4, 0.5) is 14.6 Å². The van der Waals surface area contributed by atoms with E-state index in [1.807, 2.05) is 20.0 Å². The molecular weight excluding hydrogens is 504 g/mol. The zero-order valence-electron chi connectivity index (χ0n) is 21.2. The summed E-state index contributed by atoms with van der Waals surface area (Å²) < 4.78 is 32.9. The predicted molar refractivity (Wildman–Crippen MR) is 142 cm³/mol. The van der Waals surface area contributed by atoms with E-state index < -0.39 is 23.2 Å². The van der Waals surface area contributed by atoms with Crippen molar-refractivity contribution in [1.82, 2.24) is 38.9 Å². The third-order valence-corrected chi connectivity index (χ3v) is 6.61. The second kappa shape index (κ2) is 9.08. The lowest BCUT2D eigenvalue weighted by molar-refractivity contribution is 0.532. The molecule has 0 unspecified atom stereocenters. The van der Waals surface area contributed by atoms with Gasteiger partial charge in [-0.1, -0.05) is 12.1 Å². The number of halogens is 2. The van der Waals surface area contributed by atoms with Gasteiger partial charge in [0.15, 0.2) is 5.65 Å². The average Bonchev–Trinajstić information content (AvgIpc) is 3.55. The molecule has 0 fully saturated rings. The normalized spacial score (nSPS) is 12.6. The second-order valence-electron chi connectivity index (χ2n) is 9.49. The molecule has 10 nitrogen and oxygen atoms in total. The van der Waals surface area contributed by atoms with Crippen molar-refractivity contribution in [1.29, 1.82) is 0 Å². The van der Waals surface area contributed by atoms with Gasteiger partial charge in [0.05, 0.1) is 28.9 Å². The molecule has 39 heavy (non-hydrogen) atoms. The molecule has 6 aromatic rings. The monoisotopic (exact) mass is 527 g/mol. The van der Waals surface area contributed by atoms with E-state index in [1.165, 1.54) is 36.7 Å². The highest BCUT2D eigenvalue weighted by Gasteiger charge is 2.26. The zero-order valence-corrected chi connectivity index (χ0v) is 21.2. The van der Waals surface area contributed by atoms with Crippen LogP contribution in [0.1, 0.15) is 38.5 Å². The highest BCUT2D eigenvalue weighted by atomic mass is 19.1. The van der Waals surface area contributed by atoms with Crippen molar-refractivity contribution in [2.24, 2.45) is 0 Å². The van der Waals surface area contributed by atoms with Gasteiger partial charge in [-0.2, -0.15) is 10.2 Å². The maximum atomic E-state index is 14.3. The number of hydrogen-bond donors (Lipinski definition) is 1. The Bertz CT molecular complexity index is 1940. The first-order valence-corrected chi connectivity index (χ1v) is 12.2. The van der Waals surface area contributed by atoms with Gasteiger partial charge in [-0.05, 0) is 50.6 Å². The molecule has 12 heteroatoms. The van der Waals surface area contributed by atoms with Crippen LogP contribution in [0.3, 0.4) is 0 Å². The molecule has 2 N–H and O–H groups in total. The molecule has 0 amide bonds. The average molecular weight is 528 g/mol. The number of pyridine rings is 1. The van der Waals surface area contributed by atoms with E-state index in [-0.39, 0.29) is 23.1 Å². The van der Waals surface area contributed by atoms with E-state index in [0.717, 1.165) is 10.6 Å². The van der Waals surface area contributed by atoms with Crippen LogP contribution < -0.4 is 11.3 Å². The van der Waals surface area contributed by atoms with Crippen molar-refractivity contribution in [2.75, 3.05) is 5.73 Å². The summed E-state index contributed by atoms with van der Waals surface area (Å²) in [5.41, 5.74) is 8.36. The Morgan fingerprint density at radius 3 is 2.54 bits per heavy atom. The van der Waals surface area contributed by atoms with Crippen molar-refractivity contribution in [2.45, 2.75) is 32.9 Å². The zero-order chi connectivity index (χ0) is 27.4. The van der Waals surface area contributed by atoms with Gasteiger partial charge in [0.1, 0.15) is 35.1 Å². The van der Waals surface area contributed by atoms with Crippen LogP contribution in [-0.2, 0) is 0 Å². The molecule has 5 aromatic heterocycles. The van der Waals surface area contributed by atoms with Gasteiger partial charge in [-0.15, -0.1) is 0 Å². The van der Waals surface area contributed by atoms with Crippen LogP contribution in [0.2, 0.25) is 0 Å². The van der Waals surface area contributed by atoms with Gasteiger partial charge >= 0.3 is 0 Å². The summed E-state index contributed by atoms with van der Waals surface area (Å²) in [6.45, 7) is 5.82. The second-order valence-corrected chi connectivity index (χ2v) is 9.49. The van der Waals surface area contributed by atoms with E-state index in [4.69, 9.17) is 15.8 Å². The van der Waals surface area contributed by atoms with E-state index in [0.29, 0.717) is 33.5 Å². The minimum Gasteiger partial charge on any atom is -0.383 e. The Morgan fingerprint density at radius 1 is 0.974 bits per heavy atom. The summed E-state index contributed by atoms with van der Waals surface area (Å²) in [5.74, 6) is -0.892. The fraction of sp³-hybridized carbons (Fsp3) is 0.185. The maximum absolute atomic E-state index is 14.3. The van der Waals surface area contributed by atoms with E-state index in [1.54, 1.807) is 28.6 Å². The van der Waals surface area contributed by atoms with Crippen LogP contribution in [0.15, 0.2) is 66.1 Å². The molecule has 0 saturated heterocycles. The Balaban J connectivity index is 1.63. The lowest BCUT2D eigenvalue weighted by Crippen LogP contribution is -2.23. The number of nitrogens with two attached hydrogens (primary N) is 1. The third-order valence-electron chi connectivity index (χ3n) is 6.61. The minimum atomic E-state index is -0.670. The lowest BCUT2D eigenvalue weighted by Gasteiger charge is -2.18. The molecule has 6 rings (SSSR count). The summed E-state index contributed by atoms with van der Waals surface area (Å²) >= 11 is 0. The Kier molecular flexibility index (Phi) is 5.67. The summed E-state index contributed by atoms with van der Waals surface area (Å²) in [7, 11) is 0. The van der Waals surface area contributed by atoms with Crippen molar-refractivity contribution in [3.05, 3.63) is 89.0 Å². The predicted octanol–water partition coefficient (Wildman–Crippen LogP) is 4.42. The number of benzene rings is 1. The van der Waals surface area contributed by atoms with Crippen molar-refractivity contribution < 1.29 is 8.78 Å². The third kappa shape index (κ3) is 4.00. The number of nitrogen functional groups attached to an aromatic ring is 1. The highest BCUT2D eigenvalue weighted by Crippen LogP contribution is 2.34. The van der Waals surface area contributed by atoms with Gasteiger partial charge in [-0.3, -0.25) is 13.9 Å². The number of fused-ring (bicyclic) bond motifs is 2. The van der Waals surface area contributed by atoms with Gasteiger partial charge in [-0.25, -0.2) is 28.4 Å². The standard InChI is InChI=1S/C27H23F2N9O/c1-14(2)37-11-17(10-33-37)24-22-25(30)31-13-32-26(22)38(35-24)15(3)23-21(16-5-4-6-18(28)9-16)27(39)36-12-19(29)7-8-20(36)34-23/h4-15H,1-3H3,(H2,30,31,32)/t15-/m0/s1. The fourth-order valence-corrected chi connectivity index (χ4v) is 4.67. The summed E-state index contributed by atoms with van der Waals surface area (Å²) in [5, 5.41) is 9.79. The number of anilines is 1. The Morgan fingerprint density at radius 2 is 1.79 bits per heavy atom. The molecule has 1 aromatic carbocycles. The van der Waals surface area contributed by atoms with E-state index in [9.17, 15) is 13.6 Å². The van der Waals surface area contributed by atoms with E-state index in [2.05, 4.69) is 15.1 Å². The van der Waals surface area contributed by atoms with Gasteiger partial charge < -0.3 is 5.73 Å². The summed E-state index contributed by atoms with van der Waals surface area (Å²) in [4.78, 5) is 27.0. The van der Waals surface area contributed by atoms with Crippen molar-refractivity contribution in [3.63, 3.8) is 0 Å². The fourth-order valence-electron chi connectivity index (χ4n) is 4.67. The first-order chi connectivity index (χ1) is 18.7. The van der Waals surface area contributed by atoms with Gasteiger partial charge in [0.2, 0.25) is 0 Å². The first-order valence-electron chi connectivity index (χ1n) is 12.2. The largest absolute Gasteiger partial charge is 0.383 e. The molecule has 0 bridgehead atoms. The lowest BCUT2D eigenvalue weighted by atomic mass is 10.0. The smallest absolute Gasteiger partial charge is 0.266 e. The molecule has 0 saturated carbocycles. The SMILES string of the molecule is CC(C)n1cc(-c2nn([C@@H](C)c3nc4ccc(F)cn4c(=O)c3-c3cccc(F)c3)c3ncnc(N)c23)cn1. The van der Waals surface area contributed by atoms with Gasteiger partial charge in [0.25, 0.3) is 5.56 Å². The first kappa shape index (κ1) is 24.3. The van der Waals surface area contributed by atoms with Crippen LogP contribution in [0.5, 0.6) is 0 Å². The Hall–Kier alpha value is -5.00. The highest BCUT2D eigenvalue weighted by molar-refractivity contribution is 5.98. The number of rotatable bonds is 5. The molecule has 5 heterocycles. The number of hydrogen-bond acceptors (Lipinski definition) is 7. The molecule has 0 aliphatic carbocycles. The molecule has 1 atom stereocenters. The maximum Gasteiger partial charge on any atom is 0.266 e. The molecule has 0 aliphatic heterocycles. The summed E-state index contributed by atoms with van der Waals surface area (Å²) in [6, 6.07) is 7.73.